The maximum absolute atomic E-state index is 9.52. The summed E-state index contributed by atoms with van der Waals surface area (Å²) in [7, 11) is -2.50. The standard InChI is InChI=1S/C17H32OSi2/c1-19(2,3)16-12-13(10-11-18)17(20(4,5)6)15-9-7-8-14(15)16/h13,18H,7-12H2,1-6H3. The summed E-state index contributed by atoms with van der Waals surface area (Å²) >= 11 is 0. The van der Waals surface area contributed by atoms with Gasteiger partial charge in [-0.15, -0.1) is 0 Å². The number of rotatable bonds is 4. The van der Waals surface area contributed by atoms with Gasteiger partial charge in [-0.1, -0.05) is 49.7 Å². The molecule has 1 saturated carbocycles. The van der Waals surface area contributed by atoms with Crippen molar-refractivity contribution >= 4 is 16.1 Å². The van der Waals surface area contributed by atoms with E-state index >= 15 is 0 Å². The molecule has 0 radical (unpaired) electrons. The molecule has 1 N–H and O–H groups in total. The first kappa shape index (κ1) is 16.2. The fourth-order valence-corrected chi connectivity index (χ4v) is 9.01. The topological polar surface area (TPSA) is 20.2 Å². The minimum atomic E-state index is -1.28. The molecule has 0 heterocycles. The van der Waals surface area contributed by atoms with Crippen LogP contribution in [0.3, 0.4) is 0 Å². The summed E-state index contributed by atoms with van der Waals surface area (Å²) in [6.07, 6.45) is 6.23. The first-order valence-corrected chi connectivity index (χ1v) is 15.2. The van der Waals surface area contributed by atoms with Gasteiger partial charge < -0.3 is 5.11 Å². The molecule has 0 bridgehead atoms. The van der Waals surface area contributed by atoms with Gasteiger partial charge in [-0.25, -0.2) is 0 Å². The highest BCUT2D eigenvalue weighted by molar-refractivity contribution is 6.84. The van der Waals surface area contributed by atoms with E-state index in [4.69, 9.17) is 0 Å². The molecule has 1 unspecified atom stereocenters. The van der Waals surface area contributed by atoms with Crippen molar-refractivity contribution in [2.75, 3.05) is 6.61 Å². The average molecular weight is 309 g/mol. The summed E-state index contributed by atoms with van der Waals surface area (Å²) in [6.45, 7) is 15.3. The van der Waals surface area contributed by atoms with Gasteiger partial charge >= 0.3 is 0 Å². The zero-order valence-electron chi connectivity index (χ0n) is 14.3. The van der Waals surface area contributed by atoms with Crippen LogP contribution in [0.2, 0.25) is 39.3 Å². The quantitative estimate of drug-likeness (QED) is 0.731. The van der Waals surface area contributed by atoms with E-state index in [1.54, 1.807) is 16.3 Å². The maximum Gasteiger partial charge on any atom is 0.0731 e. The lowest BCUT2D eigenvalue weighted by Crippen LogP contribution is -2.37. The van der Waals surface area contributed by atoms with Crippen molar-refractivity contribution < 1.29 is 5.11 Å². The Hall–Kier alpha value is -0.126. The number of hydrogen-bond donors (Lipinski definition) is 1. The molecular weight excluding hydrogens is 276 g/mol. The van der Waals surface area contributed by atoms with Crippen LogP contribution in [0.15, 0.2) is 21.5 Å². The molecule has 2 rings (SSSR count). The van der Waals surface area contributed by atoms with Gasteiger partial charge in [0.15, 0.2) is 0 Å². The van der Waals surface area contributed by atoms with E-state index in [9.17, 15) is 5.11 Å². The number of fused-ring (bicyclic) bond motifs is 1. The number of aliphatic hydroxyl groups excluding tert-OH is 1. The molecule has 0 saturated heterocycles. The maximum atomic E-state index is 9.52. The third-order valence-corrected chi connectivity index (χ3v) is 9.60. The normalized spacial score (nSPS) is 24.4. The predicted molar refractivity (Wildman–Crippen MR) is 94.4 cm³/mol. The van der Waals surface area contributed by atoms with Crippen LogP contribution in [0, 0.1) is 5.92 Å². The Morgan fingerprint density at radius 1 is 0.950 bits per heavy atom. The first-order valence-electron chi connectivity index (χ1n) is 8.23. The molecule has 20 heavy (non-hydrogen) atoms. The third-order valence-electron chi connectivity index (χ3n) is 4.96. The molecule has 0 aromatic carbocycles. The second-order valence-corrected chi connectivity index (χ2v) is 18.8. The Kier molecular flexibility index (Phi) is 4.53. The zero-order chi connectivity index (χ0) is 15.1. The molecular formula is C17H32OSi2. The molecule has 0 amide bonds. The van der Waals surface area contributed by atoms with Crippen molar-refractivity contribution in [3.05, 3.63) is 21.5 Å². The van der Waals surface area contributed by atoms with Crippen LogP contribution in [0.5, 0.6) is 0 Å². The summed E-state index contributed by atoms with van der Waals surface area (Å²) in [6, 6.07) is 0. The highest BCUT2D eigenvalue weighted by Crippen LogP contribution is 2.49. The van der Waals surface area contributed by atoms with Crippen LogP contribution in [0.1, 0.15) is 32.1 Å². The van der Waals surface area contributed by atoms with E-state index in [1.807, 2.05) is 5.20 Å². The van der Waals surface area contributed by atoms with Crippen molar-refractivity contribution in [1.29, 1.82) is 0 Å². The second-order valence-electron chi connectivity index (χ2n) is 8.62. The SMILES string of the molecule is C[Si](C)(C)C1=C2CCCC2=C([Si](C)(C)C)C(CCO)C1. The Morgan fingerprint density at radius 2 is 1.55 bits per heavy atom. The molecule has 114 valence electrons. The van der Waals surface area contributed by atoms with Gasteiger partial charge in [0.05, 0.1) is 16.1 Å². The van der Waals surface area contributed by atoms with E-state index in [0.717, 1.165) is 6.42 Å². The molecule has 2 aliphatic rings. The lowest BCUT2D eigenvalue weighted by Gasteiger charge is -2.39. The Balaban J connectivity index is 2.57. The summed E-state index contributed by atoms with van der Waals surface area (Å²) in [5, 5.41) is 13.2. The molecule has 1 fully saturated rings. The number of aliphatic hydroxyl groups is 1. The van der Waals surface area contributed by atoms with Crippen LogP contribution in [-0.4, -0.2) is 27.9 Å². The molecule has 0 aromatic rings. The van der Waals surface area contributed by atoms with Crippen molar-refractivity contribution in [2.24, 2.45) is 5.92 Å². The number of allylic oxidation sites excluding steroid dienone is 4. The fraction of sp³-hybridized carbons (Fsp3) is 0.765. The van der Waals surface area contributed by atoms with Gasteiger partial charge in [0.2, 0.25) is 0 Å². The van der Waals surface area contributed by atoms with Gasteiger partial charge in [-0.05, 0) is 49.2 Å². The van der Waals surface area contributed by atoms with Gasteiger partial charge in [-0.2, -0.15) is 0 Å². The van der Waals surface area contributed by atoms with Crippen LogP contribution in [-0.2, 0) is 0 Å². The fourth-order valence-electron chi connectivity index (χ4n) is 4.32. The number of hydrogen-bond acceptors (Lipinski definition) is 1. The third kappa shape index (κ3) is 3.05. The Morgan fingerprint density at radius 3 is 2.05 bits per heavy atom. The van der Waals surface area contributed by atoms with Crippen LogP contribution < -0.4 is 0 Å². The summed E-state index contributed by atoms with van der Waals surface area (Å²) < 4.78 is 0. The monoisotopic (exact) mass is 308 g/mol. The van der Waals surface area contributed by atoms with Crippen LogP contribution in [0.25, 0.3) is 0 Å². The highest BCUT2D eigenvalue weighted by Gasteiger charge is 2.39. The lowest BCUT2D eigenvalue weighted by molar-refractivity contribution is 0.267. The average Bonchev–Trinajstić information content (AvgIpc) is 2.73. The van der Waals surface area contributed by atoms with Crippen LogP contribution in [0.4, 0.5) is 0 Å². The van der Waals surface area contributed by atoms with Crippen molar-refractivity contribution in [3.8, 4) is 0 Å². The largest absolute Gasteiger partial charge is 0.396 e. The van der Waals surface area contributed by atoms with Gasteiger partial charge in [0.1, 0.15) is 0 Å². The van der Waals surface area contributed by atoms with Gasteiger partial charge in [0.25, 0.3) is 0 Å². The Labute approximate surface area is 127 Å². The van der Waals surface area contributed by atoms with Crippen molar-refractivity contribution in [2.45, 2.75) is 71.4 Å². The van der Waals surface area contributed by atoms with Gasteiger partial charge in [0, 0.05) is 6.61 Å². The minimum absolute atomic E-state index is 0.347. The smallest absolute Gasteiger partial charge is 0.0731 e. The minimum Gasteiger partial charge on any atom is -0.396 e. The molecule has 0 aliphatic heterocycles. The Bertz CT molecular complexity index is 447. The van der Waals surface area contributed by atoms with E-state index in [-0.39, 0.29) is 0 Å². The summed E-state index contributed by atoms with van der Waals surface area (Å²) in [5.41, 5.74) is 3.53. The molecule has 0 aromatic heterocycles. The van der Waals surface area contributed by atoms with Gasteiger partial charge in [-0.3, -0.25) is 0 Å². The van der Waals surface area contributed by atoms with E-state index in [2.05, 4.69) is 39.3 Å². The van der Waals surface area contributed by atoms with E-state index in [1.165, 1.54) is 25.7 Å². The van der Waals surface area contributed by atoms with E-state index in [0.29, 0.717) is 12.5 Å². The van der Waals surface area contributed by atoms with Crippen molar-refractivity contribution in [1.82, 2.24) is 0 Å². The van der Waals surface area contributed by atoms with Crippen molar-refractivity contribution in [3.63, 3.8) is 0 Å². The first-order chi connectivity index (χ1) is 9.16. The molecule has 1 nitrogen and oxygen atoms in total. The molecule has 2 aliphatic carbocycles. The van der Waals surface area contributed by atoms with E-state index < -0.39 is 16.1 Å². The zero-order valence-corrected chi connectivity index (χ0v) is 16.3. The summed E-state index contributed by atoms with van der Waals surface area (Å²) in [4.78, 5) is 0. The van der Waals surface area contributed by atoms with Crippen LogP contribution >= 0.6 is 0 Å². The molecule has 1 atom stereocenters. The summed E-state index contributed by atoms with van der Waals surface area (Å²) in [5.74, 6) is 0.644. The molecule has 3 heteroatoms. The predicted octanol–water partition coefficient (Wildman–Crippen LogP) is 4.92. The highest BCUT2D eigenvalue weighted by atomic mass is 28.3. The lowest BCUT2D eigenvalue weighted by atomic mass is 9.89. The molecule has 0 spiro atoms. The second kappa shape index (κ2) is 5.58.